The number of hydrogen-bond donors (Lipinski definition) is 0. The molecule has 0 N–H and O–H groups in total. The third kappa shape index (κ3) is 42.3. The molecule has 0 bridgehead atoms. The summed E-state index contributed by atoms with van der Waals surface area (Å²) in [6.45, 7) is 6.42. The zero-order valence-electron chi connectivity index (χ0n) is 36.6. The molecule has 0 saturated heterocycles. The third-order valence-electron chi connectivity index (χ3n) is 9.78. The Kier molecular flexibility index (Phi) is 42.5. The van der Waals surface area contributed by atoms with Crippen molar-refractivity contribution in [2.24, 2.45) is 0 Å². The van der Waals surface area contributed by atoms with Crippen molar-refractivity contribution >= 4 is 17.9 Å². The van der Waals surface area contributed by atoms with E-state index in [0.29, 0.717) is 19.3 Å². The summed E-state index contributed by atoms with van der Waals surface area (Å²) < 4.78 is 16.7. The Labute approximate surface area is 345 Å². The van der Waals surface area contributed by atoms with E-state index in [0.717, 1.165) is 103 Å². The van der Waals surface area contributed by atoms with Crippen LogP contribution in [0.4, 0.5) is 0 Å². The van der Waals surface area contributed by atoms with Gasteiger partial charge in [0.15, 0.2) is 6.10 Å². The van der Waals surface area contributed by atoms with Crippen LogP contribution in [0, 0.1) is 0 Å². The van der Waals surface area contributed by atoms with Crippen molar-refractivity contribution < 1.29 is 28.6 Å². The van der Waals surface area contributed by atoms with Crippen LogP contribution in [-0.2, 0) is 28.6 Å². The van der Waals surface area contributed by atoms with Gasteiger partial charge in [-0.3, -0.25) is 14.4 Å². The molecule has 0 heterocycles. The monoisotopic (exact) mass is 783 g/mol. The Hall–Kier alpha value is -2.89. The SMILES string of the molecule is CC/C=C\C/C=C\C/C=C\CCCCCCC(=O)OCC(COC(=O)CCCCC/C=C\C=C/CCCC)OC(=O)CCCCCCCCCCCCCCC. The normalized spacial score (nSPS) is 12.6. The minimum absolute atomic E-state index is 0.0934. The summed E-state index contributed by atoms with van der Waals surface area (Å²) in [4.78, 5) is 37.7. The van der Waals surface area contributed by atoms with E-state index in [1.807, 2.05) is 0 Å². The van der Waals surface area contributed by atoms with Crippen molar-refractivity contribution in [1.29, 1.82) is 0 Å². The van der Waals surface area contributed by atoms with Gasteiger partial charge >= 0.3 is 17.9 Å². The predicted molar refractivity (Wildman–Crippen MR) is 238 cm³/mol. The molecule has 0 aromatic rings. The highest BCUT2D eigenvalue weighted by Gasteiger charge is 2.19. The van der Waals surface area contributed by atoms with E-state index >= 15 is 0 Å². The molecular weight excluding hydrogens is 697 g/mol. The topological polar surface area (TPSA) is 78.9 Å². The molecule has 0 rings (SSSR count). The molecule has 6 nitrogen and oxygen atoms in total. The molecule has 0 aliphatic carbocycles. The molecule has 6 heteroatoms. The van der Waals surface area contributed by atoms with E-state index in [4.69, 9.17) is 14.2 Å². The van der Waals surface area contributed by atoms with Crippen molar-refractivity contribution in [1.82, 2.24) is 0 Å². The molecule has 1 unspecified atom stereocenters. The number of rotatable bonds is 41. The summed E-state index contributed by atoms with van der Waals surface area (Å²) in [5, 5.41) is 0. The summed E-state index contributed by atoms with van der Waals surface area (Å²) >= 11 is 0. The molecule has 0 aromatic carbocycles. The molecular formula is C50H86O6. The van der Waals surface area contributed by atoms with Gasteiger partial charge in [-0.15, -0.1) is 0 Å². The van der Waals surface area contributed by atoms with Gasteiger partial charge in [0.25, 0.3) is 0 Å². The van der Waals surface area contributed by atoms with Crippen LogP contribution in [0.3, 0.4) is 0 Å². The van der Waals surface area contributed by atoms with Crippen LogP contribution in [0.1, 0.15) is 220 Å². The van der Waals surface area contributed by atoms with Crippen LogP contribution in [0.15, 0.2) is 60.8 Å². The number of unbranched alkanes of at least 4 members (excludes halogenated alkanes) is 21. The van der Waals surface area contributed by atoms with Crippen LogP contribution in [0.2, 0.25) is 0 Å². The standard InChI is InChI=1S/C50H86O6/c1-4-7-10-13-16-19-22-24-26-28-31-34-37-40-43-49(52)55-46-47(45-54-48(51)42-39-36-33-30-27-21-18-15-12-9-6-3)56-50(53)44-41-38-35-32-29-25-23-20-17-14-11-8-5-2/h7,10,15-16,18-19,21,24,26-27,47H,4-6,8-9,11-14,17,20,22-23,25,28-46H2,1-3H3/b10-7-,18-15-,19-16-,26-24-,27-21-. The fraction of sp³-hybridized carbons (Fsp3) is 0.740. The first kappa shape index (κ1) is 53.1. The van der Waals surface area contributed by atoms with Crippen molar-refractivity contribution in [2.45, 2.75) is 226 Å². The number of carbonyl (C=O) groups excluding carboxylic acids is 3. The van der Waals surface area contributed by atoms with E-state index in [1.54, 1.807) is 0 Å². The maximum Gasteiger partial charge on any atom is 0.306 e. The third-order valence-corrected chi connectivity index (χ3v) is 9.78. The molecule has 322 valence electrons. The summed E-state index contributed by atoms with van der Waals surface area (Å²) in [6.07, 6.45) is 53.4. The average molecular weight is 783 g/mol. The van der Waals surface area contributed by atoms with Gasteiger partial charge in [0, 0.05) is 19.3 Å². The second kappa shape index (κ2) is 44.8. The van der Waals surface area contributed by atoms with E-state index in [1.165, 1.54) is 77.0 Å². The molecule has 56 heavy (non-hydrogen) atoms. The Morgan fingerprint density at radius 2 is 0.768 bits per heavy atom. The highest BCUT2D eigenvalue weighted by molar-refractivity contribution is 5.71. The first-order valence-electron chi connectivity index (χ1n) is 23.3. The zero-order valence-corrected chi connectivity index (χ0v) is 36.6. The van der Waals surface area contributed by atoms with Gasteiger partial charge in [-0.1, -0.05) is 191 Å². The minimum Gasteiger partial charge on any atom is -0.462 e. The highest BCUT2D eigenvalue weighted by Crippen LogP contribution is 2.14. The van der Waals surface area contributed by atoms with Crippen molar-refractivity contribution in [3.63, 3.8) is 0 Å². The molecule has 0 spiro atoms. The van der Waals surface area contributed by atoms with Gasteiger partial charge in [0.05, 0.1) is 0 Å². The van der Waals surface area contributed by atoms with Gasteiger partial charge in [-0.2, -0.15) is 0 Å². The first-order chi connectivity index (χ1) is 27.5. The van der Waals surface area contributed by atoms with E-state index in [2.05, 4.69) is 81.5 Å². The van der Waals surface area contributed by atoms with E-state index in [-0.39, 0.29) is 31.1 Å². The van der Waals surface area contributed by atoms with Crippen LogP contribution >= 0.6 is 0 Å². The maximum atomic E-state index is 12.7. The molecule has 0 amide bonds. The quantitative estimate of drug-likeness (QED) is 0.0202. The molecule has 0 aliphatic rings. The number of hydrogen-bond acceptors (Lipinski definition) is 6. The lowest BCUT2D eigenvalue weighted by Gasteiger charge is -2.18. The maximum absolute atomic E-state index is 12.7. The number of ether oxygens (including phenoxy) is 3. The van der Waals surface area contributed by atoms with Crippen LogP contribution in [0.25, 0.3) is 0 Å². The van der Waals surface area contributed by atoms with Crippen LogP contribution in [0.5, 0.6) is 0 Å². The van der Waals surface area contributed by atoms with E-state index in [9.17, 15) is 14.4 Å². The summed E-state index contributed by atoms with van der Waals surface area (Å²) in [7, 11) is 0. The smallest absolute Gasteiger partial charge is 0.306 e. The van der Waals surface area contributed by atoms with E-state index < -0.39 is 6.10 Å². The Balaban J connectivity index is 4.44. The fourth-order valence-electron chi connectivity index (χ4n) is 6.26. The van der Waals surface area contributed by atoms with Gasteiger partial charge in [0.1, 0.15) is 13.2 Å². The van der Waals surface area contributed by atoms with Gasteiger partial charge in [-0.25, -0.2) is 0 Å². The minimum atomic E-state index is -0.790. The second-order valence-corrected chi connectivity index (χ2v) is 15.3. The summed E-state index contributed by atoms with van der Waals surface area (Å²) in [6, 6.07) is 0. The molecule has 0 aliphatic heterocycles. The van der Waals surface area contributed by atoms with Crippen LogP contribution < -0.4 is 0 Å². The number of carbonyl (C=O) groups is 3. The predicted octanol–water partition coefficient (Wildman–Crippen LogP) is 14.9. The first-order valence-corrected chi connectivity index (χ1v) is 23.3. The number of allylic oxidation sites excluding steroid dienone is 10. The zero-order chi connectivity index (χ0) is 40.8. The Bertz CT molecular complexity index is 1040. The van der Waals surface area contributed by atoms with Gasteiger partial charge in [-0.05, 0) is 70.6 Å². The van der Waals surface area contributed by atoms with Crippen molar-refractivity contribution in [3.8, 4) is 0 Å². The summed E-state index contributed by atoms with van der Waals surface area (Å²) in [5.41, 5.74) is 0. The number of esters is 3. The van der Waals surface area contributed by atoms with Crippen molar-refractivity contribution in [3.05, 3.63) is 60.8 Å². The van der Waals surface area contributed by atoms with Gasteiger partial charge in [0.2, 0.25) is 0 Å². The lowest BCUT2D eigenvalue weighted by atomic mass is 10.0. The highest BCUT2D eigenvalue weighted by atomic mass is 16.6. The molecule has 1 atom stereocenters. The van der Waals surface area contributed by atoms with Crippen molar-refractivity contribution in [2.75, 3.05) is 13.2 Å². The second-order valence-electron chi connectivity index (χ2n) is 15.3. The van der Waals surface area contributed by atoms with Crippen LogP contribution in [-0.4, -0.2) is 37.2 Å². The lowest BCUT2D eigenvalue weighted by molar-refractivity contribution is -0.167. The molecule has 0 aromatic heterocycles. The Morgan fingerprint density at radius 1 is 0.393 bits per heavy atom. The summed E-state index contributed by atoms with van der Waals surface area (Å²) in [5.74, 6) is -0.943. The Morgan fingerprint density at radius 3 is 1.27 bits per heavy atom. The van der Waals surface area contributed by atoms with Gasteiger partial charge < -0.3 is 14.2 Å². The molecule has 0 radical (unpaired) electrons. The fourth-order valence-corrected chi connectivity index (χ4v) is 6.26. The molecule has 0 fully saturated rings. The largest absolute Gasteiger partial charge is 0.462 e. The molecule has 0 saturated carbocycles. The lowest BCUT2D eigenvalue weighted by Crippen LogP contribution is -2.30. The average Bonchev–Trinajstić information content (AvgIpc) is 3.19.